The summed E-state index contributed by atoms with van der Waals surface area (Å²) < 4.78 is 0. The van der Waals surface area contributed by atoms with Gasteiger partial charge in [-0.1, -0.05) is 12.8 Å². The van der Waals surface area contributed by atoms with Crippen LogP contribution in [0.5, 0.6) is 0 Å². The van der Waals surface area contributed by atoms with Crippen LogP contribution in [0, 0.1) is 0 Å². The maximum absolute atomic E-state index is 4.63. The molecule has 1 N–H and O–H groups in total. The van der Waals surface area contributed by atoms with Gasteiger partial charge in [-0.05, 0) is 26.8 Å². The lowest BCUT2D eigenvalue weighted by Crippen LogP contribution is -2.25. The molecule has 0 radical (unpaired) electrons. The van der Waals surface area contributed by atoms with Crippen LogP contribution in [0.1, 0.15) is 50.0 Å². The summed E-state index contributed by atoms with van der Waals surface area (Å²) in [6.07, 6.45) is 7.88. The molecule has 0 aromatic carbocycles. The summed E-state index contributed by atoms with van der Waals surface area (Å²) >= 11 is 0. The van der Waals surface area contributed by atoms with Gasteiger partial charge in [-0.2, -0.15) is 5.10 Å². The van der Waals surface area contributed by atoms with Crippen LogP contribution >= 0.6 is 0 Å². The minimum absolute atomic E-state index is 0.403. The van der Waals surface area contributed by atoms with E-state index in [2.05, 4.69) is 27.4 Å². The number of nitrogens with zero attached hydrogens (tertiary/aromatic N) is 3. The van der Waals surface area contributed by atoms with Crippen molar-refractivity contribution in [2.24, 2.45) is 0 Å². The molecule has 4 nitrogen and oxygen atoms in total. The molecule has 1 fully saturated rings. The number of nitrogens with one attached hydrogen (secondary N) is 1. The van der Waals surface area contributed by atoms with Gasteiger partial charge in [0.2, 0.25) is 0 Å². The summed E-state index contributed by atoms with van der Waals surface area (Å²) in [7, 11) is 1.96. The number of aromatic nitrogens is 3. The topological polar surface area (TPSA) is 50.7 Å². The lowest BCUT2D eigenvalue weighted by Gasteiger charge is -2.11. The van der Waals surface area contributed by atoms with E-state index in [1.54, 1.807) is 0 Å². The molecule has 1 aliphatic rings. The summed E-state index contributed by atoms with van der Waals surface area (Å²) in [5.74, 6) is 1.49. The Balaban J connectivity index is 2.06. The highest BCUT2D eigenvalue weighted by Gasteiger charge is 2.19. The van der Waals surface area contributed by atoms with Gasteiger partial charge in [0.15, 0.2) is 5.82 Å². The molecule has 0 bridgehead atoms. The van der Waals surface area contributed by atoms with Crippen molar-refractivity contribution in [3.8, 4) is 0 Å². The molecule has 1 unspecified atom stereocenters. The first-order chi connectivity index (χ1) is 7.79. The van der Waals surface area contributed by atoms with Gasteiger partial charge < -0.3 is 5.32 Å². The Bertz CT molecular complexity index is 334. The van der Waals surface area contributed by atoms with E-state index in [1.165, 1.54) is 25.7 Å². The molecule has 16 heavy (non-hydrogen) atoms. The largest absolute Gasteiger partial charge is 0.317 e. The molecule has 0 aliphatic heterocycles. The number of hydrogen-bond acceptors (Lipinski definition) is 4. The second kappa shape index (κ2) is 5.34. The SMILES string of the molecule is CNC(C)Cc1nncc(C2CCCC2)n1. The van der Waals surface area contributed by atoms with Crippen molar-refractivity contribution in [3.05, 3.63) is 17.7 Å². The molecule has 88 valence electrons. The molecule has 1 saturated carbocycles. The van der Waals surface area contributed by atoms with Crippen LogP contribution in [-0.4, -0.2) is 28.3 Å². The monoisotopic (exact) mass is 220 g/mol. The third-order valence-electron chi connectivity index (χ3n) is 3.38. The zero-order valence-corrected chi connectivity index (χ0v) is 10.1. The van der Waals surface area contributed by atoms with Crippen molar-refractivity contribution in [3.63, 3.8) is 0 Å². The van der Waals surface area contributed by atoms with Crippen molar-refractivity contribution in [1.82, 2.24) is 20.5 Å². The zero-order valence-electron chi connectivity index (χ0n) is 10.1. The highest BCUT2D eigenvalue weighted by Crippen LogP contribution is 2.32. The molecule has 1 heterocycles. The second-order valence-corrected chi connectivity index (χ2v) is 4.67. The Hall–Kier alpha value is -1.03. The molecular weight excluding hydrogens is 200 g/mol. The molecule has 0 saturated heterocycles. The lowest BCUT2D eigenvalue weighted by atomic mass is 10.1. The van der Waals surface area contributed by atoms with Gasteiger partial charge in [-0.25, -0.2) is 4.98 Å². The van der Waals surface area contributed by atoms with E-state index in [0.717, 1.165) is 17.9 Å². The van der Waals surface area contributed by atoms with Gasteiger partial charge >= 0.3 is 0 Å². The number of likely N-dealkylation sites (N-methyl/N-ethyl adjacent to an activating group) is 1. The third-order valence-corrected chi connectivity index (χ3v) is 3.38. The van der Waals surface area contributed by atoms with Crippen molar-refractivity contribution in [2.75, 3.05) is 7.05 Å². The molecule has 2 rings (SSSR count). The predicted octanol–water partition coefficient (Wildman–Crippen LogP) is 1.68. The molecule has 1 aliphatic carbocycles. The fraction of sp³-hybridized carbons (Fsp3) is 0.750. The Kier molecular flexibility index (Phi) is 3.83. The molecule has 0 amide bonds. The van der Waals surface area contributed by atoms with Gasteiger partial charge in [0.1, 0.15) is 0 Å². The van der Waals surface area contributed by atoms with E-state index in [-0.39, 0.29) is 0 Å². The van der Waals surface area contributed by atoms with Crippen LogP contribution in [0.3, 0.4) is 0 Å². The van der Waals surface area contributed by atoms with Gasteiger partial charge in [0, 0.05) is 18.4 Å². The summed E-state index contributed by atoms with van der Waals surface area (Å²) in [5.41, 5.74) is 1.14. The van der Waals surface area contributed by atoms with Gasteiger partial charge in [0.05, 0.1) is 11.9 Å². The molecule has 4 heteroatoms. The first kappa shape index (κ1) is 11.5. The molecule has 1 aromatic rings. The fourth-order valence-electron chi connectivity index (χ4n) is 2.24. The van der Waals surface area contributed by atoms with Crippen molar-refractivity contribution >= 4 is 0 Å². The van der Waals surface area contributed by atoms with Crippen LogP contribution in [0.25, 0.3) is 0 Å². The summed E-state index contributed by atoms with van der Waals surface area (Å²) in [6, 6.07) is 0.403. The summed E-state index contributed by atoms with van der Waals surface area (Å²) in [4.78, 5) is 4.63. The minimum Gasteiger partial charge on any atom is -0.317 e. The van der Waals surface area contributed by atoms with Gasteiger partial charge in [-0.15, -0.1) is 5.10 Å². The van der Waals surface area contributed by atoms with E-state index in [1.807, 2.05) is 13.2 Å². The average Bonchev–Trinajstić information content (AvgIpc) is 2.83. The van der Waals surface area contributed by atoms with Crippen molar-refractivity contribution in [1.29, 1.82) is 0 Å². The Labute approximate surface area is 96.9 Å². The Morgan fingerprint density at radius 1 is 1.44 bits per heavy atom. The normalized spacial score (nSPS) is 18.9. The predicted molar refractivity (Wildman–Crippen MR) is 63.3 cm³/mol. The first-order valence-corrected chi connectivity index (χ1v) is 6.15. The van der Waals surface area contributed by atoms with Gasteiger partial charge in [0.25, 0.3) is 0 Å². The minimum atomic E-state index is 0.403. The van der Waals surface area contributed by atoms with Crippen LogP contribution in [-0.2, 0) is 6.42 Å². The maximum Gasteiger partial charge on any atom is 0.152 e. The van der Waals surface area contributed by atoms with Crippen LogP contribution in [0.2, 0.25) is 0 Å². The molecule has 0 spiro atoms. The quantitative estimate of drug-likeness (QED) is 0.838. The average molecular weight is 220 g/mol. The van der Waals surface area contributed by atoms with E-state index < -0.39 is 0 Å². The van der Waals surface area contributed by atoms with E-state index in [0.29, 0.717) is 12.0 Å². The fourth-order valence-corrected chi connectivity index (χ4v) is 2.24. The second-order valence-electron chi connectivity index (χ2n) is 4.67. The smallest absolute Gasteiger partial charge is 0.152 e. The van der Waals surface area contributed by atoms with Crippen molar-refractivity contribution < 1.29 is 0 Å². The van der Waals surface area contributed by atoms with E-state index >= 15 is 0 Å². The summed E-state index contributed by atoms with van der Waals surface area (Å²) in [6.45, 7) is 2.13. The highest BCUT2D eigenvalue weighted by molar-refractivity contribution is 5.06. The standard InChI is InChI=1S/C12H20N4/c1-9(13-2)7-12-15-11(8-14-16-12)10-5-3-4-6-10/h8-10,13H,3-7H2,1-2H3. The molecule has 1 aromatic heterocycles. The zero-order chi connectivity index (χ0) is 11.4. The van der Waals surface area contributed by atoms with E-state index in [4.69, 9.17) is 0 Å². The van der Waals surface area contributed by atoms with Crippen LogP contribution < -0.4 is 5.32 Å². The van der Waals surface area contributed by atoms with E-state index in [9.17, 15) is 0 Å². The Morgan fingerprint density at radius 2 is 2.19 bits per heavy atom. The third kappa shape index (κ3) is 2.76. The molecular formula is C12H20N4. The molecule has 1 atom stereocenters. The highest BCUT2D eigenvalue weighted by atomic mass is 15.1. The summed E-state index contributed by atoms with van der Waals surface area (Å²) in [5, 5.41) is 11.4. The Morgan fingerprint density at radius 3 is 2.88 bits per heavy atom. The first-order valence-electron chi connectivity index (χ1n) is 6.15. The van der Waals surface area contributed by atoms with Gasteiger partial charge in [-0.3, -0.25) is 0 Å². The maximum atomic E-state index is 4.63. The van der Waals surface area contributed by atoms with Crippen molar-refractivity contribution in [2.45, 2.75) is 51.0 Å². The number of rotatable bonds is 4. The lowest BCUT2D eigenvalue weighted by molar-refractivity contribution is 0.574. The number of hydrogen-bond donors (Lipinski definition) is 1. The van der Waals surface area contributed by atoms with Crippen LogP contribution in [0.15, 0.2) is 6.20 Å². The van der Waals surface area contributed by atoms with Crippen LogP contribution in [0.4, 0.5) is 0 Å².